The van der Waals surface area contributed by atoms with Crippen molar-refractivity contribution in [2.75, 3.05) is 0 Å². The van der Waals surface area contributed by atoms with Crippen LogP contribution in [0.15, 0.2) is 161 Å². The van der Waals surface area contributed by atoms with E-state index < -0.39 is 7.12 Å². The van der Waals surface area contributed by atoms with E-state index in [9.17, 15) is 0 Å². The van der Waals surface area contributed by atoms with E-state index in [-0.39, 0.29) is 0 Å². The van der Waals surface area contributed by atoms with Crippen molar-refractivity contribution in [2.45, 2.75) is 77.0 Å². The summed E-state index contributed by atoms with van der Waals surface area (Å²) < 4.78 is 2.34. The maximum Gasteiger partial charge on any atom is 0.488 e. The minimum Gasteiger partial charge on any atom is -0.423 e. The maximum absolute atomic E-state index is 9.14. The molecule has 5 heteroatoms. The van der Waals surface area contributed by atoms with Gasteiger partial charge in [0.25, 0.3) is 0 Å². The fourth-order valence-electron chi connectivity index (χ4n) is 10.8. The fraction of sp³-hybridized carbons (Fsp3) is 0.207. The first-order chi connectivity index (χ1) is 31.0. The zero-order valence-corrected chi connectivity index (χ0v) is 38.8. The van der Waals surface area contributed by atoms with Gasteiger partial charge in [-0.3, -0.25) is 0 Å². The molecule has 0 spiro atoms. The van der Waals surface area contributed by atoms with E-state index in [0.717, 1.165) is 24.8 Å². The maximum atomic E-state index is 9.14. The van der Waals surface area contributed by atoms with Crippen molar-refractivity contribution < 1.29 is 10.0 Å². The number of benzene rings is 9. The van der Waals surface area contributed by atoms with Gasteiger partial charge in [0, 0.05) is 8.95 Å². The van der Waals surface area contributed by atoms with Gasteiger partial charge in [0.15, 0.2) is 0 Å². The number of hydrogen-bond acceptors (Lipinski definition) is 2. The summed E-state index contributed by atoms with van der Waals surface area (Å²) in [6.07, 6.45) is 14.5. The quantitative estimate of drug-likeness (QED) is 0.137. The summed E-state index contributed by atoms with van der Waals surface area (Å²) >= 11 is 7.39. The second-order valence-corrected chi connectivity index (χ2v) is 19.0. The average molecular weight is 951 g/mol. The van der Waals surface area contributed by atoms with Gasteiger partial charge in [0.2, 0.25) is 0 Å². The third-order valence-corrected chi connectivity index (χ3v) is 15.5. The third-order valence-electron chi connectivity index (χ3n) is 13.8. The van der Waals surface area contributed by atoms with Crippen molar-refractivity contribution in [3.63, 3.8) is 0 Å². The smallest absolute Gasteiger partial charge is 0.423 e. The molecule has 0 unspecified atom stereocenters. The predicted molar refractivity (Wildman–Crippen MR) is 275 cm³/mol. The van der Waals surface area contributed by atoms with Gasteiger partial charge in [-0.15, -0.1) is 0 Å². The van der Waals surface area contributed by atoms with Gasteiger partial charge < -0.3 is 10.0 Å². The average Bonchev–Trinajstić information content (AvgIpc) is 3.35. The van der Waals surface area contributed by atoms with Crippen LogP contribution in [-0.2, 0) is 38.5 Å². The lowest BCUT2D eigenvalue weighted by atomic mass is 9.72. The molecule has 0 radical (unpaired) electrons. The van der Waals surface area contributed by atoms with E-state index in [1.165, 1.54) is 138 Å². The SMILES string of the molecule is Brc1c2ccccc2c(Br)c2ccccc12.OB(O)c1cccc2c1CCCC2.c1cc2c(c(-c3c4ccccc4c(-c4cccc5c4CCCC5)c4ccccc34)c1)CCCC2. The van der Waals surface area contributed by atoms with Crippen molar-refractivity contribution in [1.82, 2.24) is 0 Å². The normalized spacial score (nSPS) is 14.2. The molecule has 12 rings (SSSR count). The van der Waals surface area contributed by atoms with E-state index in [1.807, 2.05) is 6.07 Å². The lowest BCUT2D eigenvalue weighted by molar-refractivity contribution is 0.425. The Labute approximate surface area is 388 Å². The molecular weight excluding hydrogens is 899 g/mol. The van der Waals surface area contributed by atoms with Gasteiger partial charge >= 0.3 is 7.12 Å². The lowest BCUT2D eigenvalue weighted by Crippen LogP contribution is -2.34. The minimum atomic E-state index is -1.31. The number of hydrogen-bond donors (Lipinski definition) is 2. The molecule has 0 heterocycles. The van der Waals surface area contributed by atoms with Gasteiger partial charge in [0.1, 0.15) is 0 Å². The molecule has 0 aliphatic heterocycles. The van der Waals surface area contributed by atoms with Crippen molar-refractivity contribution in [2.24, 2.45) is 0 Å². The molecule has 9 aromatic rings. The van der Waals surface area contributed by atoms with Crippen LogP contribution in [0.3, 0.4) is 0 Å². The highest BCUT2D eigenvalue weighted by Gasteiger charge is 2.23. The molecule has 0 saturated heterocycles. The second kappa shape index (κ2) is 18.6. The molecule has 9 aromatic carbocycles. The molecule has 3 aliphatic carbocycles. The molecule has 312 valence electrons. The first-order valence-electron chi connectivity index (χ1n) is 22.8. The Bertz CT molecular complexity index is 2860. The summed E-state index contributed by atoms with van der Waals surface area (Å²) in [6.45, 7) is 0. The van der Waals surface area contributed by atoms with Gasteiger partial charge in [-0.25, -0.2) is 0 Å². The third kappa shape index (κ3) is 8.08. The van der Waals surface area contributed by atoms with Crippen LogP contribution in [0.4, 0.5) is 0 Å². The van der Waals surface area contributed by atoms with Crippen LogP contribution in [0, 0.1) is 0 Å². The summed E-state index contributed by atoms with van der Waals surface area (Å²) in [7, 11) is -1.31. The summed E-state index contributed by atoms with van der Waals surface area (Å²) in [4.78, 5) is 0. The monoisotopic (exact) mass is 948 g/mol. The van der Waals surface area contributed by atoms with Crippen LogP contribution in [0.25, 0.3) is 65.3 Å². The Morgan fingerprint density at radius 2 is 0.619 bits per heavy atom. The molecule has 0 fully saturated rings. The lowest BCUT2D eigenvalue weighted by Gasteiger charge is -2.25. The number of halogens is 2. The zero-order valence-electron chi connectivity index (χ0n) is 35.6. The molecule has 3 aliphatic rings. The minimum absolute atomic E-state index is 0.692. The Morgan fingerprint density at radius 1 is 0.317 bits per heavy atom. The highest BCUT2D eigenvalue weighted by molar-refractivity contribution is 9.11. The standard InChI is InChI=1S/C34H30.C14H8Br2.C10H13BO2/c1-3-15-25-23(11-1)13-9-21-27(25)33-29-17-5-7-19-31(29)34(32-20-8-6-18-30(32)33)28-22-10-14-24-12-2-4-16-26(24)28;15-13-9-5-1-2-6-10(9)14(16)12-8-4-3-7-11(12)13;12-11(13)10-7-3-5-8-4-1-2-6-9(8)10/h5-10,13-14,17-22H,1-4,11-12,15-16H2;1-8H;3,5,7,12-13H,1-2,4,6H2. The molecule has 0 bridgehead atoms. The first kappa shape index (κ1) is 41.9. The van der Waals surface area contributed by atoms with Crippen LogP contribution in [0.2, 0.25) is 0 Å². The molecule has 0 amide bonds. The largest absolute Gasteiger partial charge is 0.488 e. The highest BCUT2D eigenvalue weighted by Crippen LogP contribution is 2.47. The second-order valence-electron chi connectivity index (χ2n) is 17.4. The Kier molecular flexibility index (Phi) is 12.4. The number of rotatable bonds is 3. The van der Waals surface area contributed by atoms with Crippen molar-refractivity contribution in [3.8, 4) is 22.3 Å². The Balaban J connectivity index is 0.000000134. The summed E-state index contributed by atoms with van der Waals surface area (Å²) in [5.74, 6) is 0. The van der Waals surface area contributed by atoms with Crippen LogP contribution in [-0.4, -0.2) is 17.2 Å². The van der Waals surface area contributed by atoms with E-state index in [0.29, 0.717) is 5.46 Å². The molecule has 0 atom stereocenters. The van der Waals surface area contributed by atoms with Gasteiger partial charge in [-0.1, -0.05) is 152 Å². The molecule has 0 saturated carbocycles. The summed E-state index contributed by atoms with van der Waals surface area (Å²) in [5, 5.41) is 28.8. The van der Waals surface area contributed by atoms with Crippen LogP contribution in [0.5, 0.6) is 0 Å². The topological polar surface area (TPSA) is 40.5 Å². The van der Waals surface area contributed by atoms with E-state index >= 15 is 0 Å². The Morgan fingerprint density at radius 3 is 0.984 bits per heavy atom. The van der Waals surface area contributed by atoms with E-state index in [2.05, 4.69) is 171 Å². The molecule has 0 aromatic heterocycles. The molecule has 2 nitrogen and oxygen atoms in total. The number of fused-ring (bicyclic) bond motifs is 7. The first-order valence-corrected chi connectivity index (χ1v) is 24.4. The predicted octanol–water partition coefficient (Wildman–Crippen LogP) is 14.8. The summed E-state index contributed by atoms with van der Waals surface area (Å²) in [5.41, 5.74) is 15.2. The molecular formula is C58H51BBr2O2. The fourth-order valence-corrected chi connectivity index (χ4v) is 12.2. The highest BCUT2D eigenvalue weighted by atomic mass is 79.9. The van der Waals surface area contributed by atoms with Crippen LogP contribution >= 0.6 is 31.9 Å². The Hall–Kier alpha value is -5.04. The van der Waals surface area contributed by atoms with Crippen LogP contribution < -0.4 is 5.46 Å². The van der Waals surface area contributed by atoms with Crippen LogP contribution in [0.1, 0.15) is 71.9 Å². The van der Waals surface area contributed by atoms with E-state index in [1.54, 1.807) is 28.3 Å². The number of aryl methyl sites for hydroxylation is 3. The zero-order chi connectivity index (χ0) is 42.9. The summed E-state index contributed by atoms with van der Waals surface area (Å²) in [6, 6.07) is 54.9. The molecule has 63 heavy (non-hydrogen) atoms. The van der Waals surface area contributed by atoms with Gasteiger partial charge in [-0.2, -0.15) is 0 Å². The van der Waals surface area contributed by atoms with Crippen molar-refractivity contribution >= 4 is 87.5 Å². The van der Waals surface area contributed by atoms with Crippen molar-refractivity contribution in [3.05, 3.63) is 194 Å². The van der Waals surface area contributed by atoms with Gasteiger partial charge in [-0.05, 0) is 213 Å². The molecule has 2 N–H and O–H groups in total. The van der Waals surface area contributed by atoms with Crippen molar-refractivity contribution in [1.29, 1.82) is 0 Å². The van der Waals surface area contributed by atoms with Gasteiger partial charge in [0.05, 0.1) is 0 Å². The van der Waals surface area contributed by atoms with E-state index in [4.69, 9.17) is 10.0 Å².